The number of halogens is 3. The van der Waals surface area contributed by atoms with Crippen LogP contribution in [-0.2, 0) is 12.7 Å². The van der Waals surface area contributed by atoms with Crippen LogP contribution >= 0.6 is 11.3 Å². The molecule has 2 rings (SSSR count). The molecule has 0 aliphatic carbocycles. The Hall–Kier alpha value is -2.29. The van der Waals surface area contributed by atoms with E-state index in [9.17, 15) is 22.8 Å². The molecule has 0 unspecified atom stereocenters. The van der Waals surface area contributed by atoms with E-state index in [4.69, 9.17) is 5.73 Å². The lowest BCUT2D eigenvalue weighted by Gasteiger charge is -2.11. The second kappa shape index (κ2) is 5.60. The lowest BCUT2D eigenvalue weighted by atomic mass is 10.1. The highest BCUT2D eigenvalue weighted by Crippen LogP contribution is 2.33. The van der Waals surface area contributed by atoms with Crippen molar-refractivity contribution in [3.63, 3.8) is 0 Å². The molecule has 4 N–H and O–H groups in total. The van der Waals surface area contributed by atoms with E-state index in [1.165, 1.54) is 11.4 Å². The average Bonchev–Trinajstić information content (AvgIpc) is 2.81. The normalized spacial score (nSPS) is 11.4. The first-order valence-electron chi connectivity index (χ1n) is 5.69. The number of carbonyl (C=O) groups excluding carboxylic acids is 1. The number of hydrogen-bond acceptors (Lipinski definition) is 4. The molecular weight excluding hydrogens is 307 g/mol. The van der Waals surface area contributed by atoms with Gasteiger partial charge in [0.2, 0.25) is 0 Å². The number of thiazole rings is 1. The van der Waals surface area contributed by atoms with Gasteiger partial charge in [-0.3, -0.25) is 9.59 Å². The van der Waals surface area contributed by atoms with Crippen molar-refractivity contribution in [1.82, 2.24) is 10.3 Å². The predicted molar refractivity (Wildman–Crippen MR) is 72.0 cm³/mol. The van der Waals surface area contributed by atoms with Crippen LogP contribution in [0.2, 0.25) is 0 Å². The standard InChI is InChI=1S/C12H10F3N3O2S/c13-12(14,15)8-3-6(1-2-9(8)16)10(19)17-4-7-5-21-11(20)18-7/h1-3,5H,4,16H2,(H,17,19)(H,18,20). The van der Waals surface area contributed by atoms with Crippen molar-refractivity contribution in [2.24, 2.45) is 0 Å². The summed E-state index contributed by atoms with van der Waals surface area (Å²) in [6.07, 6.45) is -4.63. The van der Waals surface area contributed by atoms with Gasteiger partial charge in [0.1, 0.15) is 0 Å². The van der Waals surface area contributed by atoms with Crippen molar-refractivity contribution in [2.75, 3.05) is 5.73 Å². The third-order valence-electron chi connectivity index (χ3n) is 2.63. The number of nitrogen functional groups attached to an aromatic ring is 1. The first kappa shape index (κ1) is 15.1. The molecule has 0 saturated carbocycles. The van der Waals surface area contributed by atoms with Crippen molar-refractivity contribution in [2.45, 2.75) is 12.7 Å². The third kappa shape index (κ3) is 3.63. The Bertz CT molecular complexity index is 721. The fourth-order valence-corrected chi connectivity index (χ4v) is 2.20. The summed E-state index contributed by atoms with van der Waals surface area (Å²) in [5.41, 5.74) is 4.07. The fraction of sp³-hybridized carbons (Fsp3) is 0.167. The number of rotatable bonds is 3. The number of H-pyrrole nitrogens is 1. The van der Waals surface area contributed by atoms with Gasteiger partial charge in [0, 0.05) is 22.3 Å². The highest BCUT2D eigenvalue weighted by atomic mass is 32.1. The summed E-state index contributed by atoms with van der Waals surface area (Å²) in [6.45, 7) is 0.0172. The molecule has 0 spiro atoms. The van der Waals surface area contributed by atoms with Gasteiger partial charge in [-0.2, -0.15) is 13.2 Å². The number of nitrogens with two attached hydrogens (primary N) is 1. The third-order valence-corrected chi connectivity index (χ3v) is 3.35. The van der Waals surface area contributed by atoms with Gasteiger partial charge in [-0.25, -0.2) is 0 Å². The summed E-state index contributed by atoms with van der Waals surface area (Å²) in [5.74, 6) is -0.687. The fourth-order valence-electron chi connectivity index (χ4n) is 1.62. The zero-order valence-corrected chi connectivity index (χ0v) is 11.3. The molecule has 0 aliphatic heterocycles. The molecule has 0 radical (unpaired) electrons. The van der Waals surface area contributed by atoms with E-state index in [-0.39, 0.29) is 17.0 Å². The summed E-state index contributed by atoms with van der Waals surface area (Å²) < 4.78 is 38.1. The van der Waals surface area contributed by atoms with E-state index in [2.05, 4.69) is 10.3 Å². The highest BCUT2D eigenvalue weighted by molar-refractivity contribution is 7.07. The zero-order chi connectivity index (χ0) is 15.6. The summed E-state index contributed by atoms with van der Waals surface area (Å²) in [6, 6.07) is 2.93. The lowest BCUT2D eigenvalue weighted by Crippen LogP contribution is -2.24. The molecule has 1 aromatic carbocycles. The van der Waals surface area contributed by atoms with Gasteiger partial charge in [0.25, 0.3) is 5.91 Å². The summed E-state index contributed by atoms with van der Waals surface area (Å²) >= 11 is 0.932. The van der Waals surface area contributed by atoms with E-state index in [1.54, 1.807) is 0 Å². The number of aromatic amines is 1. The molecule has 0 fully saturated rings. The quantitative estimate of drug-likeness (QED) is 0.756. The molecular formula is C12H10F3N3O2S. The minimum Gasteiger partial charge on any atom is -0.398 e. The van der Waals surface area contributed by atoms with E-state index in [1.807, 2.05) is 0 Å². The molecule has 112 valence electrons. The van der Waals surface area contributed by atoms with Gasteiger partial charge in [-0.1, -0.05) is 11.3 Å². The van der Waals surface area contributed by atoms with Crippen LogP contribution in [0.25, 0.3) is 0 Å². The number of hydrogen-bond donors (Lipinski definition) is 3. The van der Waals surface area contributed by atoms with Crippen LogP contribution in [0, 0.1) is 0 Å². The van der Waals surface area contributed by atoms with Gasteiger partial charge >= 0.3 is 11.0 Å². The van der Waals surface area contributed by atoms with Crippen LogP contribution in [-0.4, -0.2) is 10.9 Å². The molecule has 1 heterocycles. The summed E-state index contributed by atoms with van der Waals surface area (Å²) in [5, 5.41) is 3.94. The highest BCUT2D eigenvalue weighted by Gasteiger charge is 2.33. The van der Waals surface area contributed by atoms with Crippen LogP contribution in [0.4, 0.5) is 18.9 Å². The Morgan fingerprint density at radius 1 is 1.38 bits per heavy atom. The van der Waals surface area contributed by atoms with Crippen molar-refractivity contribution in [1.29, 1.82) is 0 Å². The molecule has 2 aromatic rings. The first-order chi connectivity index (χ1) is 9.77. The molecule has 0 aliphatic rings. The Labute approximate surface area is 120 Å². The Kier molecular flexibility index (Phi) is 4.03. The van der Waals surface area contributed by atoms with Crippen LogP contribution < -0.4 is 15.9 Å². The Balaban J connectivity index is 2.14. The summed E-state index contributed by atoms with van der Waals surface area (Å²) in [7, 11) is 0. The molecule has 5 nitrogen and oxygen atoms in total. The molecule has 0 saturated heterocycles. The SMILES string of the molecule is Nc1ccc(C(=O)NCc2csc(=O)[nH]2)cc1C(F)(F)F. The number of alkyl halides is 3. The zero-order valence-electron chi connectivity index (χ0n) is 10.5. The van der Waals surface area contributed by atoms with Crippen LogP contribution in [0.3, 0.4) is 0 Å². The van der Waals surface area contributed by atoms with Gasteiger partial charge in [0.15, 0.2) is 0 Å². The molecule has 9 heteroatoms. The van der Waals surface area contributed by atoms with Crippen LogP contribution in [0.5, 0.6) is 0 Å². The van der Waals surface area contributed by atoms with E-state index in [0.29, 0.717) is 11.8 Å². The molecule has 1 amide bonds. The van der Waals surface area contributed by atoms with E-state index < -0.39 is 23.3 Å². The first-order valence-corrected chi connectivity index (χ1v) is 6.57. The van der Waals surface area contributed by atoms with E-state index in [0.717, 1.165) is 17.4 Å². The van der Waals surface area contributed by atoms with Gasteiger partial charge in [-0.15, -0.1) is 0 Å². The maximum absolute atomic E-state index is 12.7. The van der Waals surface area contributed by atoms with Gasteiger partial charge < -0.3 is 16.0 Å². The maximum Gasteiger partial charge on any atom is 0.418 e. The smallest absolute Gasteiger partial charge is 0.398 e. The maximum atomic E-state index is 12.7. The second-order valence-electron chi connectivity index (χ2n) is 4.16. The van der Waals surface area contributed by atoms with Crippen molar-refractivity contribution < 1.29 is 18.0 Å². The van der Waals surface area contributed by atoms with Gasteiger partial charge in [-0.05, 0) is 18.2 Å². The van der Waals surface area contributed by atoms with E-state index >= 15 is 0 Å². The number of amides is 1. The monoisotopic (exact) mass is 317 g/mol. The average molecular weight is 317 g/mol. The van der Waals surface area contributed by atoms with Crippen molar-refractivity contribution in [3.05, 3.63) is 50.1 Å². The predicted octanol–water partition coefficient (Wildman–Crippen LogP) is 1.97. The number of aromatic nitrogens is 1. The minimum atomic E-state index is -4.63. The Morgan fingerprint density at radius 3 is 2.67 bits per heavy atom. The molecule has 21 heavy (non-hydrogen) atoms. The topological polar surface area (TPSA) is 88.0 Å². The molecule has 0 bridgehead atoms. The lowest BCUT2D eigenvalue weighted by molar-refractivity contribution is -0.136. The van der Waals surface area contributed by atoms with Crippen molar-refractivity contribution in [3.8, 4) is 0 Å². The van der Waals surface area contributed by atoms with Crippen LogP contribution in [0.1, 0.15) is 21.6 Å². The van der Waals surface area contributed by atoms with Gasteiger partial charge in [0.05, 0.1) is 12.1 Å². The molecule has 0 atom stereocenters. The number of carbonyl (C=O) groups is 1. The molecule has 1 aromatic heterocycles. The van der Waals surface area contributed by atoms with Crippen molar-refractivity contribution >= 4 is 22.9 Å². The largest absolute Gasteiger partial charge is 0.418 e. The summed E-state index contributed by atoms with van der Waals surface area (Å²) in [4.78, 5) is 24.9. The second-order valence-corrected chi connectivity index (χ2v) is 5.00. The Morgan fingerprint density at radius 2 is 2.10 bits per heavy atom. The number of nitrogens with one attached hydrogen (secondary N) is 2. The number of anilines is 1. The van der Waals surface area contributed by atoms with Crippen LogP contribution in [0.15, 0.2) is 28.4 Å². The minimum absolute atomic E-state index is 0.0172. The number of benzene rings is 1.